The number of aryl methyl sites for hydroxylation is 1. The number of carbonyl (C=O) groups excluding carboxylic acids is 1. The third-order valence-corrected chi connectivity index (χ3v) is 4.81. The monoisotopic (exact) mass is 335 g/mol. The molecular formula is C15H17N3O4S. The van der Waals surface area contributed by atoms with Crippen LogP contribution in [0.2, 0.25) is 0 Å². The third-order valence-electron chi connectivity index (χ3n) is 4.13. The normalized spacial score (nSPS) is 20.8. The summed E-state index contributed by atoms with van der Waals surface area (Å²) in [6.45, 7) is 2.41. The van der Waals surface area contributed by atoms with Gasteiger partial charge in [-0.05, 0) is 24.8 Å². The van der Waals surface area contributed by atoms with Gasteiger partial charge in [-0.25, -0.2) is 0 Å². The molecule has 3 heterocycles. The first kappa shape index (κ1) is 15.7. The van der Waals surface area contributed by atoms with Crippen molar-refractivity contribution in [3.63, 3.8) is 0 Å². The number of carboxylic acid groups (broad SMARTS) is 1. The molecular weight excluding hydrogens is 318 g/mol. The van der Waals surface area contributed by atoms with Crippen molar-refractivity contribution < 1.29 is 19.1 Å². The Labute approximate surface area is 136 Å². The highest BCUT2D eigenvalue weighted by molar-refractivity contribution is 7.08. The van der Waals surface area contributed by atoms with Crippen LogP contribution in [-0.2, 0) is 16.0 Å². The van der Waals surface area contributed by atoms with Crippen molar-refractivity contribution in [3.8, 4) is 11.5 Å². The van der Waals surface area contributed by atoms with E-state index in [1.807, 2.05) is 16.8 Å². The van der Waals surface area contributed by atoms with E-state index in [-0.39, 0.29) is 18.9 Å². The van der Waals surface area contributed by atoms with E-state index in [2.05, 4.69) is 10.2 Å². The molecule has 0 aromatic carbocycles. The van der Waals surface area contributed by atoms with Gasteiger partial charge in [-0.3, -0.25) is 9.59 Å². The first-order chi connectivity index (χ1) is 11.0. The maximum absolute atomic E-state index is 12.2. The van der Waals surface area contributed by atoms with Gasteiger partial charge < -0.3 is 14.4 Å². The minimum atomic E-state index is -0.856. The summed E-state index contributed by atoms with van der Waals surface area (Å²) in [5.41, 5.74) is 0.0311. The fourth-order valence-corrected chi connectivity index (χ4v) is 3.21. The highest BCUT2D eigenvalue weighted by atomic mass is 32.1. The highest BCUT2D eigenvalue weighted by Crippen LogP contribution is 2.30. The van der Waals surface area contributed by atoms with Crippen LogP contribution in [0, 0.1) is 5.41 Å². The minimum absolute atomic E-state index is 0.0785. The SMILES string of the molecule is CC1(C(=O)O)CCN(C(=O)CCc2nnc(-c3ccsc3)o2)C1. The third kappa shape index (κ3) is 3.26. The minimum Gasteiger partial charge on any atom is -0.481 e. The topological polar surface area (TPSA) is 96.5 Å². The number of rotatable bonds is 5. The lowest BCUT2D eigenvalue weighted by Gasteiger charge is -2.19. The number of nitrogens with zero attached hydrogens (tertiary/aromatic N) is 3. The van der Waals surface area contributed by atoms with Crippen LogP contribution in [0.4, 0.5) is 0 Å². The zero-order chi connectivity index (χ0) is 16.4. The van der Waals surface area contributed by atoms with Crippen LogP contribution in [0.15, 0.2) is 21.2 Å². The number of carbonyl (C=O) groups is 2. The molecule has 3 rings (SSSR count). The van der Waals surface area contributed by atoms with Crippen LogP contribution in [0.3, 0.4) is 0 Å². The Hall–Kier alpha value is -2.22. The molecule has 1 unspecified atom stereocenters. The van der Waals surface area contributed by atoms with Crippen molar-refractivity contribution in [1.82, 2.24) is 15.1 Å². The van der Waals surface area contributed by atoms with Crippen LogP contribution >= 0.6 is 11.3 Å². The van der Waals surface area contributed by atoms with Gasteiger partial charge in [0.1, 0.15) is 0 Å². The van der Waals surface area contributed by atoms with E-state index in [1.165, 1.54) is 0 Å². The van der Waals surface area contributed by atoms with Crippen LogP contribution < -0.4 is 0 Å². The molecule has 0 bridgehead atoms. The standard InChI is InChI=1S/C15H17N3O4S/c1-15(14(20)21)5-6-18(9-15)12(19)3-2-11-16-17-13(22-11)10-4-7-23-8-10/h4,7-8H,2-3,5-6,9H2,1H3,(H,20,21). The largest absolute Gasteiger partial charge is 0.481 e. The Kier molecular flexibility index (Phi) is 4.16. The Morgan fingerprint density at radius 1 is 1.48 bits per heavy atom. The van der Waals surface area contributed by atoms with Crippen molar-refractivity contribution in [1.29, 1.82) is 0 Å². The van der Waals surface area contributed by atoms with E-state index in [0.717, 1.165) is 5.56 Å². The second-order valence-electron chi connectivity index (χ2n) is 5.94. The predicted molar refractivity (Wildman–Crippen MR) is 82.9 cm³/mol. The maximum Gasteiger partial charge on any atom is 0.311 e. The summed E-state index contributed by atoms with van der Waals surface area (Å²) in [5, 5.41) is 21.0. The second kappa shape index (κ2) is 6.11. The van der Waals surface area contributed by atoms with Gasteiger partial charge in [-0.1, -0.05) is 0 Å². The number of amides is 1. The molecule has 1 atom stereocenters. The van der Waals surface area contributed by atoms with E-state index in [9.17, 15) is 14.7 Å². The van der Waals surface area contributed by atoms with Crippen LogP contribution in [-0.4, -0.2) is 45.2 Å². The Morgan fingerprint density at radius 3 is 2.96 bits per heavy atom. The van der Waals surface area contributed by atoms with Gasteiger partial charge in [0.15, 0.2) is 0 Å². The zero-order valence-corrected chi connectivity index (χ0v) is 13.5. The van der Waals surface area contributed by atoms with Gasteiger partial charge >= 0.3 is 5.97 Å². The molecule has 0 aliphatic carbocycles. The summed E-state index contributed by atoms with van der Waals surface area (Å²) >= 11 is 1.54. The van der Waals surface area contributed by atoms with Gasteiger partial charge in [-0.2, -0.15) is 11.3 Å². The first-order valence-corrected chi connectivity index (χ1v) is 8.28. The summed E-state index contributed by atoms with van der Waals surface area (Å²) in [5.74, 6) is -0.0663. The summed E-state index contributed by atoms with van der Waals surface area (Å²) < 4.78 is 5.54. The van der Waals surface area contributed by atoms with E-state index >= 15 is 0 Å². The molecule has 2 aromatic heterocycles. The quantitative estimate of drug-likeness (QED) is 0.898. The van der Waals surface area contributed by atoms with Crippen LogP contribution in [0.5, 0.6) is 0 Å². The summed E-state index contributed by atoms with van der Waals surface area (Å²) in [4.78, 5) is 25.0. The number of aliphatic carboxylic acids is 1. The number of aromatic nitrogens is 2. The van der Waals surface area contributed by atoms with E-state index < -0.39 is 11.4 Å². The zero-order valence-electron chi connectivity index (χ0n) is 12.7. The first-order valence-electron chi connectivity index (χ1n) is 7.34. The fraction of sp³-hybridized carbons (Fsp3) is 0.467. The molecule has 122 valence electrons. The van der Waals surface area contributed by atoms with E-state index in [1.54, 1.807) is 23.2 Å². The lowest BCUT2D eigenvalue weighted by molar-refractivity contribution is -0.147. The predicted octanol–water partition coefficient (Wildman–Crippen LogP) is 2.05. The smallest absolute Gasteiger partial charge is 0.311 e. The number of hydrogen-bond acceptors (Lipinski definition) is 6. The maximum atomic E-state index is 12.2. The van der Waals surface area contributed by atoms with Crippen molar-refractivity contribution in [2.24, 2.45) is 5.41 Å². The fourth-order valence-electron chi connectivity index (χ4n) is 2.58. The van der Waals surface area contributed by atoms with Gasteiger partial charge in [0, 0.05) is 36.9 Å². The Morgan fingerprint density at radius 2 is 2.30 bits per heavy atom. The van der Waals surface area contributed by atoms with Crippen LogP contribution in [0.1, 0.15) is 25.7 Å². The summed E-state index contributed by atoms with van der Waals surface area (Å²) in [6, 6.07) is 1.89. The molecule has 7 nitrogen and oxygen atoms in total. The number of likely N-dealkylation sites (tertiary alicyclic amines) is 1. The molecule has 1 N–H and O–H groups in total. The van der Waals surface area contributed by atoms with E-state index in [4.69, 9.17) is 4.42 Å². The molecule has 1 saturated heterocycles. The molecule has 8 heteroatoms. The average molecular weight is 335 g/mol. The second-order valence-corrected chi connectivity index (χ2v) is 6.72. The summed E-state index contributed by atoms with van der Waals surface area (Å²) in [7, 11) is 0. The molecule has 0 saturated carbocycles. The molecule has 1 amide bonds. The molecule has 1 aliphatic rings. The molecule has 1 aliphatic heterocycles. The molecule has 0 radical (unpaired) electrons. The number of thiophene rings is 1. The molecule has 0 spiro atoms. The number of hydrogen-bond donors (Lipinski definition) is 1. The lowest BCUT2D eigenvalue weighted by atomic mass is 9.90. The summed E-state index contributed by atoms with van der Waals surface area (Å²) in [6.07, 6.45) is 1.08. The van der Waals surface area contributed by atoms with Crippen molar-refractivity contribution in [2.75, 3.05) is 13.1 Å². The lowest BCUT2D eigenvalue weighted by Crippen LogP contribution is -2.34. The van der Waals surface area contributed by atoms with Crippen molar-refractivity contribution in [2.45, 2.75) is 26.2 Å². The van der Waals surface area contributed by atoms with Gasteiger partial charge in [-0.15, -0.1) is 10.2 Å². The highest BCUT2D eigenvalue weighted by Gasteiger charge is 2.41. The van der Waals surface area contributed by atoms with Gasteiger partial charge in [0.25, 0.3) is 0 Å². The Bertz CT molecular complexity index is 712. The van der Waals surface area contributed by atoms with Crippen molar-refractivity contribution in [3.05, 3.63) is 22.7 Å². The molecule has 23 heavy (non-hydrogen) atoms. The van der Waals surface area contributed by atoms with Gasteiger partial charge in [0.05, 0.1) is 5.41 Å². The Balaban J connectivity index is 1.55. The van der Waals surface area contributed by atoms with Crippen molar-refractivity contribution >= 4 is 23.2 Å². The average Bonchev–Trinajstić information content (AvgIpc) is 3.25. The molecule has 2 aromatic rings. The molecule has 1 fully saturated rings. The number of carboxylic acids is 1. The van der Waals surface area contributed by atoms with E-state index in [0.29, 0.717) is 31.2 Å². The van der Waals surface area contributed by atoms with Crippen LogP contribution in [0.25, 0.3) is 11.5 Å². The van der Waals surface area contributed by atoms with Gasteiger partial charge in [0.2, 0.25) is 17.7 Å².